The summed E-state index contributed by atoms with van der Waals surface area (Å²) in [4.78, 5) is 2.04. The van der Waals surface area contributed by atoms with Gasteiger partial charge in [-0.25, -0.2) is 0 Å². The van der Waals surface area contributed by atoms with E-state index in [-0.39, 0.29) is 6.61 Å². The lowest BCUT2D eigenvalue weighted by molar-refractivity contribution is 0.282. The molecule has 0 atom stereocenters. The molecule has 100 valence electrons. The minimum absolute atomic E-state index is 0.00919. The Hall–Kier alpha value is -1.52. The van der Waals surface area contributed by atoms with Gasteiger partial charge in [0.2, 0.25) is 0 Å². The Balaban J connectivity index is 2.34. The maximum atomic E-state index is 9.45. The van der Waals surface area contributed by atoms with Gasteiger partial charge in [-0.2, -0.15) is 0 Å². The van der Waals surface area contributed by atoms with Crippen molar-refractivity contribution in [3.63, 3.8) is 0 Å². The predicted octanol–water partition coefficient (Wildman–Crippen LogP) is 3.72. The van der Waals surface area contributed by atoms with Crippen LogP contribution in [-0.4, -0.2) is 19.3 Å². The third kappa shape index (κ3) is 3.08. The molecule has 2 rings (SSSR count). The fraction of sp³-hybridized carbons (Fsp3) is 0.200. The number of rotatable bonds is 4. The first kappa shape index (κ1) is 13.9. The van der Waals surface area contributed by atoms with Crippen molar-refractivity contribution in [3.05, 3.63) is 52.5 Å². The Morgan fingerprint density at radius 2 is 1.84 bits per heavy atom. The normalized spacial score (nSPS) is 10.3. The lowest BCUT2D eigenvalue weighted by Crippen LogP contribution is -2.11. The number of aliphatic hydroxyl groups is 1. The number of hydrogen-bond acceptors (Lipinski definition) is 3. The molecule has 0 aliphatic rings. The van der Waals surface area contributed by atoms with E-state index in [0.29, 0.717) is 0 Å². The van der Waals surface area contributed by atoms with Gasteiger partial charge in [0.05, 0.1) is 13.7 Å². The highest BCUT2D eigenvalue weighted by Gasteiger charge is 2.09. The number of ether oxygens (including phenoxy) is 1. The van der Waals surface area contributed by atoms with Crippen molar-refractivity contribution in [2.75, 3.05) is 19.1 Å². The number of halogens is 1. The van der Waals surface area contributed by atoms with Crippen LogP contribution in [0, 0.1) is 0 Å². The van der Waals surface area contributed by atoms with Gasteiger partial charge in [-0.15, -0.1) is 0 Å². The Kier molecular flexibility index (Phi) is 4.45. The van der Waals surface area contributed by atoms with Crippen molar-refractivity contribution in [3.8, 4) is 5.75 Å². The zero-order valence-corrected chi connectivity index (χ0v) is 12.5. The first-order chi connectivity index (χ1) is 9.15. The number of aliphatic hydroxyl groups excluding tert-OH is 1. The molecule has 0 saturated carbocycles. The molecule has 0 unspecified atom stereocenters. The fourth-order valence-electron chi connectivity index (χ4n) is 1.95. The summed E-state index contributed by atoms with van der Waals surface area (Å²) in [6.45, 7) is 0.00919. The second kappa shape index (κ2) is 6.08. The maximum Gasteiger partial charge on any atom is 0.119 e. The Morgan fingerprint density at radius 1 is 1.16 bits per heavy atom. The summed E-state index contributed by atoms with van der Waals surface area (Å²) >= 11 is 3.42. The van der Waals surface area contributed by atoms with Crippen LogP contribution in [0.3, 0.4) is 0 Å². The monoisotopic (exact) mass is 321 g/mol. The van der Waals surface area contributed by atoms with E-state index in [2.05, 4.69) is 15.9 Å². The van der Waals surface area contributed by atoms with E-state index in [1.54, 1.807) is 7.11 Å². The third-order valence-electron chi connectivity index (χ3n) is 3.03. The zero-order chi connectivity index (χ0) is 13.8. The van der Waals surface area contributed by atoms with Gasteiger partial charge < -0.3 is 14.7 Å². The largest absolute Gasteiger partial charge is 0.497 e. The van der Waals surface area contributed by atoms with E-state index in [0.717, 1.165) is 27.2 Å². The molecule has 0 bridgehead atoms. The summed E-state index contributed by atoms with van der Waals surface area (Å²) in [5.74, 6) is 0.829. The van der Waals surface area contributed by atoms with Gasteiger partial charge in [0.15, 0.2) is 0 Å². The smallest absolute Gasteiger partial charge is 0.119 e. The van der Waals surface area contributed by atoms with Gasteiger partial charge in [-0.3, -0.25) is 0 Å². The van der Waals surface area contributed by atoms with Crippen LogP contribution in [-0.2, 0) is 6.61 Å². The Morgan fingerprint density at radius 3 is 2.42 bits per heavy atom. The molecule has 2 aromatic carbocycles. The van der Waals surface area contributed by atoms with Gasteiger partial charge in [0.25, 0.3) is 0 Å². The molecular weight excluding hydrogens is 306 g/mol. The highest BCUT2D eigenvalue weighted by atomic mass is 79.9. The maximum absolute atomic E-state index is 9.45. The molecule has 0 heterocycles. The van der Waals surface area contributed by atoms with Crippen molar-refractivity contribution in [1.29, 1.82) is 0 Å². The predicted molar refractivity (Wildman–Crippen MR) is 81.1 cm³/mol. The topological polar surface area (TPSA) is 32.7 Å². The van der Waals surface area contributed by atoms with E-state index in [1.165, 1.54) is 0 Å². The van der Waals surface area contributed by atoms with Crippen LogP contribution in [0.1, 0.15) is 5.56 Å². The van der Waals surface area contributed by atoms with Crippen LogP contribution in [0.4, 0.5) is 11.4 Å². The summed E-state index contributed by atoms with van der Waals surface area (Å²) < 4.78 is 6.11. The number of hydrogen-bond donors (Lipinski definition) is 1. The van der Waals surface area contributed by atoms with Crippen molar-refractivity contribution < 1.29 is 9.84 Å². The van der Waals surface area contributed by atoms with Gasteiger partial charge in [0.1, 0.15) is 5.75 Å². The molecule has 1 N–H and O–H groups in total. The quantitative estimate of drug-likeness (QED) is 0.931. The highest BCUT2D eigenvalue weighted by Crippen LogP contribution is 2.30. The SMILES string of the molecule is COc1ccc(N(C)c2ccc(Br)cc2CO)cc1. The van der Waals surface area contributed by atoms with Gasteiger partial charge in [-0.05, 0) is 42.5 Å². The van der Waals surface area contributed by atoms with Crippen molar-refractivity contribution in [1.82, 2.24) is 0 Å². The van der Waals surface area contributed by atoms with Gasteiger partial charge in [0, 0.05) is 28.5 Å². The van der Waals surface area contributed by atoms with Crippen LogP contribution < -0.4 is 9.64 Å². The second-order valence-corrected chi connectivity index (χ2v) is 5.10. The standard InChI is InChI=1S/C15H16BrNO2/c1-17(13-4-6-14(19-2)7-5-13)15-8-3-12(16)9-11(15)10-18/h3-9,18H,10H2,1-2H3. The van der Waals surface area contributed by atoms with Crippen LogP contribution in [0.2, 0.25) is 0 Å². The molecule has 3 nitrogen and oxygen atoms in total. The molecule has 0 aliphatic heterocycles. The van der Waals surface area contributed by atoms with E-state index in [9.17, 15) is 5.11 Å². The van der Waals surface area contributed by atoms with E-state index in [1.807, 2.05) is 54.4 Å². The molecule has 19 heavy (non-hydrogen) atoms. The summed E-state index contributed by atoms with van der Waals surface area (Å²) in [6, 6.07) is 13.7. The lowest BCUT2D eigenvalue weighted by atomic mass is 10.1. The number of benzene rings is 2. The van der Waals surface area contributed by atoms with Gasteiger partial charge >= 0.3 is 0 Å². The van der Waals surface area contributed by atoms with E-state index in [4.69, 9.17) is 4.74 Å². The summed E-state index contributed by atoms with van der Waals surface area (Å²) in [5.41, 5.74) is 2.90. The Labute approximate surface area is 121 Å². The second-order valence-electron chi connectivity index (χ2n) is 4.19. The van der Waals surface area contributed by atoms with Crippen LogP contribution >= 0.6 is 15.9 Å². The summed E-state index contributed by atoms with van der Waals surface area (Å²) in [5, 5.41) is 9.45. The summed E-state index contributed by atoms with van der Waals surface area (Å²) in [6.07, 6.45) is 0. The van der Waals surface area contributed by atoms with E-state index >= 15 is 0 Å². The summed E-state index contributed by atoms with van der Waals surface area (Å²) in [7, 11) is 3.63. The molecule has 0 saturated heterocycles. The van der Waals surface area contributed by atoms with E-state index < -0.39 is 0 Å². The van der Waals surface area contributed by atoms with Crippen molar-refractivity contribution >= 4 is 27.3 Å². The lowest BCUT2D eigenvalue weighted by Gasteiger charge is -2.22. The fourth-order valence-corrected chi connectivity index (χ4v) is 2.36. The first-order valence-electron chi connectivity index (χ1n) is 5.92. The molecule has 2 aromatic rings. The average Bonchev–Trinajstić information content (AvgIpc) is 2.46. The Bertz CT molecular complexity index is 555. The molecule has 0 fully saturated rings. The zero-order valence-electron chi connectivity index (χ0n) is 10.9. The number of nitrogens with zero attached hydrogens (tertiary/aromatic N) is 1. The van der Waals surface area contributed by atoms with Crippen molar-refractivity contribution in [2.24, 2.45) is 0 Å². The number of methoxy groups -OCH3 is 1. The molecule has 0 aromatic heterocycles. The molecule has 0 radical (unpaired) electrons. The van der Waals surface area contributed by atoms with Gasteiger partial charge in [-0.1, -0.05) is 15.9 Å². The molecule has 4 heteroatoms. The average molecular weight is 322 g/mol. The molecular formula is C15H16BrNO2. The van der Waals surface area contributed by atoms with Crippen LogP contribution in [0.15, 0.2) is 46.9 Å². The van der Waals surface area contributed by atoms with Crippen LogP contribution in [0.5, 0.6) is 5.75 Å². The van der Waals surface area contributed by atoms with Crippen molar-refractivity contribution in [2.45, 2.75) is 6.61 Å². The molecule has 0 aliphatic carbocycles. The minimum atomic E-state index is 0.00919. The van der Waals surface area contributed by atoms with Crippen LogP contribution in [0.25, 0.3) is 0 Å². The number of anilines is 2. The first-order valence-corrected chi connectivity index (χ1v) is 6.72. The highest BCUT2D eigenvalue weighted by molar-refractivity contribution is 9.10. The molecule has 0 amide bonds. The third-order valence-corrected chi connectivity index (χ3v) is 3.53. The molecule has 0 spiro atoms. The minimum Gasteiger partial charge on any atom is -0.497 e.